The summed E-state index contributed by atoms with van der Waals surface area (Å²) in [6, 6.07) is 4.94. The molecule has 4 nitrogen and oxygen atoms in total. The van der Waals surface area contributed by atoms with Crippen molar-refractivity contribution >= 4 is 32.8 Å². The van der Waals surface area contributed by atoms with Gasteiger partial charge in [0.15, 0.2) is 9.84 Å². The highest BCUT2D eigenvalue weighted by molar-refractivity contribution is 7.90. The smallest absolute Gasteiger partial charge is 0.175 e. The van der Waals surface area contributed by atoms with Crippen LogP contribution < -0.4 is 5.32 Å². The van der Waals surface area contributed by atoms with Gasteiger partial charge in [0.1, 0.15) is 0 Å². The minimum absolute atomic E-state index is 0.284. The normalized spacial score (nSPS) is 11.7. The van der Waals surface area contributed by atoms with Crippen molar-refractivity contribution in [2.24, 2.45) is 0 Å². The van der Waals surface area contributed by atoms with Gasteiger partial charge in [0.05, 0.1) is 9.90 Å². The zero-order valence-electron chi connectivity index (χ0n) is 11.0. The summed E-state index contributed by atoms with van der Waals surface area (Å²) in [7, 11) is -3.27. The molecule has 0 amide bonds. The molecule has 0 radical (unpaired) electrons. The van der Waals surface area contributed by atoms with Gasteiger partial charge in [0.2, 0.25) is 0 Å². The molecular formula is C13H15ClN2O2S2. The van der Waals surface area contributed by atoms with Crippen molar-refractivity contribution in [3.8, 4) is 0 Å². The molecule has 1 aromatic heterocycles. The zero-order chi connectivity index (χ0) is 14.6. The first-order valence-corrected chi connectivity index (χ1v) is 9.20. The van der Waals surface area contributed by atoms with Crippen LogP contribution in [-0.4, -0.2) is 26.2 Å². The molecule has 1 heterocycles. The average molecular weight is 331 g/mol. The second-order valence-corrected chi connectivity index (χ2v) is 7.71. The van der Waals surface area contributed by atoms with Crippen molar-refractivity contribution in [2.75, 3.05) is 12.8 Å². The van der Waals surface area contributed by atoms with Crippen LogP contribution in [0.5, 0.6) is 0 Å². The van der Waals surface area contributed by atoms with Crippen molar-refractivity contribution in [3.63, 3.8) is 0 Å². The van der Waals surface area contributed by atoms with Crippen molar-refractivity contribution in [2.45, 2.75) is 17.9 Å². The Morgan fingerprint density at radius 2 is 2.20 bits per heavy atom. The van der Waals surface area contributed by atoms with Crippen LogP contribution in [0.4, 0.5) is 0 Å². The molecule has 1 aromatic carbocycles. The van der Waals surface area contributed by atoms with E-state index in [1.807, 2.05) is 5.38 Å². The first-order valence-electron chi connectivity index (χ1n) is 6.05. The molecule has 0 aliphatic carbocycles. The molecule has 0 fully saturated rings. The number of rotatable bonds is 6. The third-order valence-corrected chi connectivity index (χ3v) is 5.15. The van der Waals surface area contributed by atoms with Crippen molar-refractivity contribution in [1.82, 2.24) is 10.3 Å². The lowest BCUT2D eigenvalue weighted by molar-refractivity contribution is 0.598. The summed E-state index contributed by atoms with van der Waals surface area (Å²) in [5.41, 5.74) is 0.621. The molecular weight excluding hydrogens is 316 g/mol. The highest BCUT2D eigenvalue weighted by Crippen LogP contribution is 2.23. The Kier molecular flexibility index (Phi) is 5.15. The van der Waals surface area contributed by atoms with Gasteiger partial charge in [0.25, 0.3) is 0 Å². The molecule has 0 bridgehead atoms. The molecule has 0 saturated heterocycles. The number of nitrogens with one attached hydrogen (secondary N) is 1. The molecule has 0 atom stereocenters. The monoisotopic (exact) mass is 330 g/mol. The summed E-state index contributed by atoms with van der Waals surface area (Å²) >= 11 is 7.71. The van der Waals surface area contributed by atoms with E-state index in [-0.39, 0.29) is 4.90 Å². The molecule has 108 valence electrons. The number of aromatic nitrogens is 1. The van der Waals surface area contributed by atoms with Gasteiger partial charge in [-0.3, -0.25) is 0 Å². The standard InChI is InChI=1S/C13H15ClN2O2S2/c1-20(17,18)12-4-2-3-11(14)10(12)9-15-6-5-13-16-7-8-19-13/h2-4,7-8,15H,5-6,9H2,1H3. The quantitative estimate of drug-likeness (QED) is 0.827. The van der Waals surface area contributed by atoms with Crippen molar-refractivity contribution in [3.05, 3.63) is 45.4 Å². The summed E-state index contributed by atoms with van der Waals surface area (Å²) in [4.78, 5) is 4.48. The Morgan fingerprint density at radius 3 is 2.85 bits per heavy atom. The minimum atomic E-state index is -3.27. The maximum Gasteiger partial charge on any atom is 0.175 e. The fraction of sp³-hybridized carbons (Fsp3) is 0.308. The lowest BCUT2D eigenvalue weighted by atomic mass is 10.2. The summed E-state index contributed by atoms with van der Waals surface area (Å²) in [6.07, 6.45) is 3.78. The van der Waals surface area contributed by atoms with E-state index < -0.39 is 9.84 Å². The molecule has 0 unspecified atom stereocenters. The third-order valence-electron chi connectivity index (χ3n) is 2.78. The van der Waals surface area contributed by atoms with Crippen LogP contribution >= 0.6 is 22.9 Å². The Morgan fingerprint density at radius 1 is 1.40 bits per heavy atom. The van der Waals surface area contributed by atoms with Gasteiger partial charge in [0, 0.05) is 47.9 Å². The van der Waals surface area contributed by atoms with Gasteiger partial charge in [-0.2, -0.15) is 0 Å². The lowest BCUT2D eigenvalue weighted by Gasteiger charge is -2.10. The van der Waals surface area contributed by atoms with Crippen molar-refractivity contribution in [1.29, 1.82) is 0 Å². The molecule has 2 rings (SSSR count). The van der Waals surface area contributed by atoms with Gasteiger partial charge < -0.3 is 5.32 Å². The highest BCUT2D eigenvalue weighted by atomic mass is 35.5. The Balaban J connectivity index is 2.02. The van der Waals surface area contributed by atoms with Crippen LogP contribution in [0.2, 0.25) is 5.02 Å². The Bertz CT molecular complexity index is 670. The van der Waals surface area contributed by atoms with E-state index in [1.165, 1.54) is 6.26 Å². The molecule has 0 saturated carbocycles. The van der Waals surface area contributed by atoms with Crippen LogP contribution in [0.15, 0.2) is 34.7 Å². The number of sulfone groups is 1. The maximum atomic E-state index is 11.7. The fourth-order valence-corrected chi connectivity index (χ4v) is 3.72. The van der Waals surface area contributed by atoms with E-state index >= 15 is 0 Å². The summed E-state index contributed by atoms with van der Waals surface area (Å²) < 4.78 is 23.5. The zero-order valence-corrected chi connectivity index (χ0v) is 13.4. The highest BCUT2D eigenvalue weighted by Gasteiger charge is 2.15. The summed E-state index contributed by atoms with van der Waals surface area (Å²) in [5.74, 6) is 0. The van der Waals surface area contributed by atoms with Gasteiger partial charge in [-0.15, -0.1) is 11.3 Å². The number of hydrogen-bond acceptors (Lipinski definition) is 5. The SMILES string of the molecule is CS(=O)(=O)c1cccc(Cl)c1CNCCc1nccs1. The second kappa shape index (κ2) is 6.67. The van der Waals surface area contributed by atoms with Gasteiger partial charge in [-0.25, -0.2) is 13.4 Å². The number of hydrogen-bond donors (Lipinski definition) is 1. The number of nitrogens with zero attached hydrogens (tertiary/aromatic N) is 1. The molecule has 2 aromatic rings. The van der Waals surface area contributed by atoms with Crippen LogP contribution in [0.25, 0.3) is 0 Å². The van der Waals surface area contributed by atoms with Gasteiger partial charge in [-0.05, 0) is 12.1 Å². The van der Waals surface area contributed by atoms with Crippen LogP contribution in [0.3, 0.4) is 0 Å². The topological polar surface area (TPSA) is 59.1 Å². The Hall–Kier alpha value is -0.950. The van der Waals surface area contributed by atoms with E-state index in [0.29, 0.717) is 17.1 Å². The average Bonchev–Trinajstić information content (AvgIpc) is 2.88. The van der Waals surface area contributed by atoms with E-state index in [2.05, 4.69) is 10.3 Å². The van der Waals surface area contributed by atoms with Crippen molar-refractivity contribution < 1.29 is 8.42 Å². The summed E-state index contributed by atoms with van der Waals surface area (Å²) in [5, 5.41) is 6.67. The van der Waals surface area contributed by atoms with Crippen LogP contribution in [0.1, 0.15) is 10.6 Å². The van der Waals surface area contributed by atoms with E-state index in [0.717, 1.165) is 18.0 Å². The number of halogens is 1. The van der Waals surface area contributed by atoms with E-state index in [9.17, 15) is 8.42 Å². The van der Waals surface area contributed by atoms with E-state index in [4.69, 9.17) is 11.6 Å². The molecule has 7 heteroatoms. The fourth-order valence-electron chi connectivity index (χ4n) is 1.84. The first-order chi connectivity index (χ1) is 9.48. The van der Waals surface area contributed by atoms with Gasteiger partial charge >= 0.3 is 0 Å². The molecule has 0 aliphatic heterocycles. The maximum absolute atomic E-state index is 11.7. The molecule has 0 aliphatic rings. The van der Waals surface area contributed by atoms with E-state index in [1.54, 1.807) is 35.7 Å². The predicted molar refractivity (Wildman–Crippen MR) is 82.1 cm³/mol. The lowest BCUT2D eigenvalue weighted by Crippen LogP contribution is -2.18. The molecule has 1 N–H and O–H groups in total. The first kappa shape index (κ1) is 15.4. The summed E-state index contributed by atoms with van der Waals surface area (Å²) in [6.45, 7) is 1.15. The molecule has 20 heavy (non-hydrogen) atoms. The largest absolute Gasteiger partial charge is 0.312 e. The van der Waals surface area contributed by atoms with Crippen LogP contribution in [0, 0.1) is 0 Å². The second-order valence-electron chi connectivity index (χ2n) is 4.34. The third kappa shape index (κ3) is 4.02. The molecule has 0 spiro atoms. The number of thiazole rings is 1. The predicted octanol–water partition coefficient (Wildman–Crippen LogP) is 2.53. The Labute approximate surface area is 127 Å². The number of benzene rings is 1. The van der Waals surface area contributed by atoms with Crippen LogP contribution in [-0.2, 0) is 22.8 Å². The minimum Gasteiger partial charge on any atom is -0.312 e. The van der Waals surface area contributed by atoms with Gasteiger partial charge in [-0.1, -0.05) is 17.7 Å².